The van der Waals surface area contributed by atoms with Crippen LogP contribution in [0.5, 0.6) is 0 Å². The summed E-state index contributed by atoms with van der Waals surface area (Å²) in [5.74, 6) is 0. The van der Waals surface area contributed by atoms with Gasteiger partial charge in [-0.05, 0) is 18.2 Å². The Bertz CT molecular complexity index is 904. The van der Waals surface area contributed by atoms with Crippen molar-refractivity contribution in [2.45, 2.75) is 4.90 Å². The van der Waals surface area contributed by atoms with Crippen molar-refractivity contribution >= 4 is 45.9 Å². The Morgan fingerprint density at radius 1 is 1.08 bits per heavy atom. The van der Waals surface area contributed by atoms with E-state index in [0.29, 0.717) is 24.1 Å². The quantitative estimate of drug-likeness (QED) is 0.698. The third-order valence-corrected chi connectivity index (χ3v) is 5.94. The average molecular weight is 426 g/mol. The first-order chi connectivity index (χ1) is 11.4. The normalized spacial score (nSPS) is 15.5. The maximum absolute atomic E-state index is 12.5. The zero-order valence-electron chi connectivity index (χ0n) is 14.8. The molecule has 0 radical (unpaired) electrons. The summed E-state index contributed by atoms with van der Waals surface area (Å²) in [5, 5.41) is 3.27. The molecule has 1 fully saturated rings. The van der Waals surface area contributed by atoms with Crippen molar-refractivity contribution in [3.63, 3.8) is 0 Å². The highest BCUT2D eigenvalue weighted by Gasteiger charge is 2.17. The summed E-state index contributed by atoms with van der Waals surface area (Å²) in [6, 6.07) is 4.75. The fraction of sp³-hybridized carbons (Fsp3) is 0.533. The second-order valence-electron chi connectivity index (χ2n) is 6.04. The molecule has 0 aliphatic carbocycles. The molecule has 0 atom stereocenters. The van der Waals surface area contributed by atoms with Crippen LogP contribution in [0.25, 0.3) is 11.0 Å². The highest BCUT2D eigenvalue weighted by molar-refractivity contribution is 7.89. The van der Waals surface area contributed by atoms with E-state index in [0.717, 1.165) is 26.2 Å². The zero-order valence-corrected chi connectivity index (χ0v) is 17.2. The van der Waals surface area contributed by atoms with Crippen LogP contribution in [0.4, 0.5) is 0 Å². The van der Waals surface area contributed by atoms with E-state index >= 15 is 0 Å². The minimum Gasteiger partial charge on any atom is -0.314 e. The molecule has 1 aliphatic heterocycles. The number of aryl methyl sites for hydroxylation is 2. The molecule has 0 saturated carbocycles. The van der Waals surface area contributed by atoms with Gasteiger partial charge in [-0.2, -0.15) is 0 Å². The third-order valence-electron chi connectivity index (χ3n) is 4.48. The fourth-order valence-electron chi connectivity index (χ4n) is 3.01. The lowest BCUT2D eigenvalue weighted by atomic mass is 10.3. The molecule has 3 rings (SSSR count). The maximum Gasteiger partial charge on any atom is 0.328 e. The maximum atomic E-state index is 12.5. The van der Waals surface area contributed by atoms with E-state index in [4.69, 9.17) is 0 Å². The number of sulfonamides is 1. The molecule has 1 aromatic heterocycles. The summed E-state index contributed by atoms with van der Waals surface area (Å²) in [6.45, 7) is 4.79. The molecule has 148 valence electrons. The Labute approximate surface area is 165 Å². The van der Waals surface area contributed by atoms with Gasteiger partial charge in [-0.3, -0.25) is 14.0 Å². The van der Waals surface area contributed by atoms with E-state index in [1.807, 2.05) is 0 Å². The number of nitrogens with zero attached hydrogens (tertiary/aromatic N) is 3. The number of aromatic nitrogens is 2. The summed E-state index contributed by atoms with van der Waals surface area (Å²) in [5.41, 5.74) is 1.14. The third kappa shape index (κ3) is 4.59. The minimum atomic E-state index is -3.59. The van der Waals surface area contributed by atoms with Crippen molar-refractivity contribution < 1.29 is 8.42 Å². The van der Waals surface area contributed by atoms with Crippen LogP contribution < -0.4 is 15.7 Å². The summed E-state index contributed by atoms with van der Waals surface area (Å²) in [7, 11) is -0.281. The topological polar surface area (TPSA) is 88.4 Å². The van der Waals surface area contributed by atoms with Crippen LogP contribution in [-0.4, -0.2) is 61.7 Å². The Balaban J connectivity index is 0.00000169. The fourth-order valence-corrected chi connectivity index (χ4v) is 4.05. The first-order valence-corrected chi connectivity index (χ1v) is 9.47. The molecule has 26 heavy (non-hydrogen) atoms. The van der Waals surface area contributed by atoms with Crippen LogP contribution in [0, 0.1) is 0 Å². The first-order valence-electron chi connectivity index (χ1n) is 7.98. The average Bonchev–Trinajstić information content (AvgIpc) is 2.80. The van der Waals surface area contributed by atoms with Gasteiger partial charge in [0.2, 0.25) is 10.0 Å². The van der Waals surface area contributed by atoms with Crippen LogP contribution in [-0.2, 0) is 24.1 Å². The molecule has 1 aliphatic rings. The molecule has 8 nitrogen and oxygen atoms in total. The van der Waals surface area contributed by atoms with Crippen molar-refractivity contribution in [1.82, 2.24) is 24.1 Å². The minimum absolute atomic E-state index is 0. The molecule has 2 N–H and O–H groups in total. The molecule has 1 saturated heterocycles. The van der Waals surface area contributed by atoms with Gasteiger partial charge in [0.15, 0.2) is 0 Å². The highest BCUT2D eigenvalue weighted by Crippen LogP contribution is 2.17. The largest absolute Gasteiger partial charge is 0.328 e. The number of hydrogen-bond donors (Lipinski definition) is 2. The van der Waals surface area contributed by atoms with E-state index < -0.39 is 10.0 Å². The second-order valence-corrected chi connectivity index (χ2v) is 7.81. The van der Waals surface area contributed by atoms with Gasteiger partial charge in [-0.25, -0.2) is 17.9 Å². The summed E-state index contributed by atoms with van der Waals surface area (Å²) >= 11 is 0. The Morgan fingerprint density at radius 3 is 2.35 bits per heavy atom. The predicted octanol–water partition coefficient (Wildman–Crippen LogP) is -0.0959. The Morgan fingerprint density at radius 2 is 1.69 bits per heavy atom. The second kappa shape index (κ2) is 9.20. The van der Waals surface area contributed by atoms with Gasteiger partial charge >= 0.3 is 5.69 Å². The Hall–Kier alpha value is -1.10. The van der Waals surface area contributed by atoms with E-state index in [-0.39, 0.29) is 35.4 Å². The Kier molecular flexibility index (Phi) is 8.12. The van der Waals surface area contributed by atoms with Crippen LogP contribution in [0.3, 0.4) is 0 Å². The van der Waals surface area contributed by atoms with Crippen LogP contribution in [0.2, 0.25) is 0 Å². The van der Waals surface area contributed by atoms with Gasteiger partial charge in [0.05, 0.1) is 15.9 Å². The number of benzene rings is 1. The van der Waals surface area contributed by atoms with Crippen LogP contribution in [0.15, 0.2) is 27.9 Å². The number of hydrogen-bond acceptors (Lipinski definition) is 5. The van der Waals surface area contributed by atoms with Gasteiger partial charge in [0, 0.05) is 53.4 Å². The monoisotopic (exact) mass is 425 g/mol. The molecule has 11 heteroatoms. The van der Waals surface area contributed by atoms with Crippen molar-refractivity contribution in [2.75, 3.05) is 39.3 Å². The number of fused-ring (bicyclic) bond motifs is 1. The van der Waals surface area contributed by atoms with Crippen molar-refractivity contribution in [2.24, 2.45) is 14.1 Å². The number of rotatable bonds is 5. The van der Waals surface area contributed by atoms with Gasteiger partial charge in [-0.15, -0.1) is 24.8 Å². The van der Waals surface area contributed by atoms with E-state index in [9.17, 15) is 13.2 Å². The highest BCUT2D eigenvalue weighted by atomic mass is 35.5. The standard InChI is InChI=1S/C15H23N5O3S.2ClH/c1-18-13-4-3-12(11-14(13)19(2)15(18)21)24(22,23)17-7-10-20-8-5-16-6-9-20;;/h3-4,11,16-17H,5-10H2,1-2H3;2*1H. The van der Waals surface area contributed by atoms with Crippen molar-refractivity contribution in [1.29, 1.82) is 0 Å². The lowest BCUT2D eigenvalue weighted by Gasteiger charge is -2.27. The van der Waals surface area contributed by atoms with Crippen molar-refractivity contribution in [3.05, 3.63) is 28.7 Å². The number of imidazole rings is 1. The number of halogens is 2. The smallest absolute Gasteiger partial charge is 0.314 e. The predicted molar refractivity (Wildman–Crippen MR) is 107 cm³/mol. The van der Waals surface area contributed by atoms with Gasteiger partial charge < -0.3 is 5.32 Å². The molecule has 2 aromatic rings. The molecule has 0 unspecified atom stereocenters. The van der Waals surface area contributed by atoms with Gasteiger partial charge in [-0.1, -0.05) is 0 Å². The molecular weight excluding hydrogens is 401 g/mol. The zero-order chi connectivity index (χ0) is 17.3. The molecule has 0 spiro atoms. The summed E-state index contributed by atoms with van der Waals surface area (Å²) in [6.07, 6.45) is 0. The van der Waals surface area contributed by atoms with E-state index in [2.05, 4.69) is 14.9 Å². The molecular formula is C15H25Cl2N5O3S. The van der Waals surface area contributed by atoms with E-state index in [1.165, 1.54) is 15.2 Å². The van der Waals surface area contributed by atoms with Gasteiger partial charge in [0.1, 0.15) is 0 Å². The SMILES string of the molecule is Cl.Cl.Cn1c(=O)n(C)c2cc(S(=O)(=O)NCCN3CCNCC3)ccc21. The molecule has 1 aromatic carbocycles. The molecule has 2 heterocycles. The van der Waals surface area contributed by atoms with Crippen molar-refractivity contribution in [3.8, 4) is 0 Å². The van der Waals surface area contributed by atoms with Gasteiger partial charge in [0.25, 0.3) is 0 Å². The van der Waals surface area contributed by atoms with Crippen LogP contribution >= 0.6 is 24.8 Å². The molecule has 0 amide bonds. The first kappa shape index (κ1) is 22.9. The molecule has 0 bridgehead atoms. The summed E-state index contributed by atoms with van der Waals surface area (Å²) < 4.78 is 30.6. The summed E-state index contributed by atoms with van der Waals surface area (Å²) in [4.78, 5) is 14.3. The number of nitrogens with one attached hydrogen (secondary N) is 2. The van der Waals surface area contributed by atoms with Crippen LogP contribution in [0.1, 0.15) is 0 Å². The lowest BCUT2D eigenvalue weighted by molar-refractivity contribution is 0.245. The lowest BCUT2D eigenvalue weighted by Crippen LogP contribution is -2.46. The number of piperazine rings is 1. The van der Waals surface area contributed by atoms with E-state index in [1.54, 1.807) is 26.2 Å².